The maximum atomic E-state index is 13.2. The summed E-state index contributed by atoms with van der Waals surface area (Å²) in [6.45, 7) is 1.45. The van der Waals surface area contributed by atoms with Gasteiger partial charge in [0, 0.05) is 35.6 Å². The molecule has 3 aromatic rings. The highest BCUT2D eigenvalue weighted by Gasteiger charge is 2.40. The molecular weight excluding hydrogens is 349 g/mol. The third kappa shape index (κ3) is 2.49. The lowest BCUT2D eigenvalue weighted by molar-refractivity contribution is -0.137. The van der Waals surface area contributed by atoms with Crippen LogP contribution in [0.25, 0.3) is 11.1 Å². The first-order valence-corrected chi connectivity index (χ1v) is 8.93. The first-order valence-electron chi connectivity index (χ1n) is 8.93. The predicted octanol–water partition coefficient (Wildman–Crippen LogP) is 5.71. The van der Waals surface area contributed by atoms with Crippen molar-refractivity contribution < 1.29 is 13.2 Å². The molecule has 0 amide bonds. The van der Waals surface area contributed by atoms with Crippen molar-refractivity contribution in [1.29, 1.82) is 0 Å². The van der Waals surface area contributed by atoms with E-state index >= 15 is 0 Å². The molecule has 5 rings (SSSR count). The maximum Gasteiger partial charge on any atom is 0.416 e. The summed E-state index contributed by atoms with van der Waals surface area (Å²) in [6.07, 6.45) is -4.44. The summed E-state index contributed by atoms with van der Waals surface area (Å²) in [6, 6.07) is 22.0. The second-order valence-electron chi connectivity index (χ2n) is 6.91. The van der Waals surface area contributed by atoms with Crippen LogP contribution in [0.1, 0.15) is 17.3 Å². The van der Waals surface area contributed by atoms with Crippen LogP contribution in [-0.4, -0.2) is 13.1 Å². The minimum absolute atomic E-state index is 0.0976. The van der Waals surface area contributed by atoms with Crippen molar-refractivity contribution in [3.8, 4) is 11.1 Å². The van der Waals surface area contributed by atoms with Crippen LogP contribution < -0.4 is 9.80 Å². The molecular formula is C22H17F3N2. The largest absolute Gasteiger partial charge is 0.416 e. The second kappa shape index (κ2) is 5.78. The Morgan fingerprint density at radius 2 is 1.44 bits per heavy atom. The minimum Gasteiger partial charge on any atom is -0.346 e. The first kappa shape index (κ1) is 16.2. The van der Waals surface area contributed by atoms with Crippen molar-refractivity contribution in [2.75, 3.05) is 22.9 Å². The van der Waals surface area contributed by atoms with Gasteiger partial charge in [-0.05, 0) is 29.8 Å². The fourth-order valence-corrected chi connectivity index (χ4v) is 4.27. The summed E-state index contributed by atoms with van der Waals surface area (Å²) in [7, 11) is 0. The van der Waals surface area contributed by atoms with Gasteiger partial charge in [-0.15, -0.1) is 0 Å². The number of hydrogen-bond acceptors (Lipinski definition) is 2. The van der Waals surface area contributed by atoms with E-state index in [4.69, 9.17) is 0 Å². The van der Waals surface area contributed by atoms with Crippen molar-refractivity contribution >= 4 is 11.4 Å². The number of anilines is 2. The highest BCUT2D eigenvalue weighted by atomic mass is 19.4. The van der Waals surface area contributed by atoms with Gasteiger partial charge in [-0.1, -0.05) is 48.5 Å². The van der Waals surface area contributed by atoms with Gasteiger partial charge in [-0.25, -0.2) is 0 Å². The van der Waals surface area contributed by atoms with E-state index in [1.165, 1.54) is 17.7 Å². The average molecular weight is 366 g/mol. The SMILES string of the molecule is FC(F)(F)c1cccc(N2CCN3c4ccccc4-c4ccccc4C23)c1. The van der Waals surface area contributed by atoms with Gasteiger partial charge in [0.05, 0.1) is 5.56 Å². The Morgan fingerprint density at radius 1 is 0.741 bits per heavy atom. The van der Waals surface area contributed by atoms with Gasteiger partial charge in [0.2, 0.25) is 0 Å². The summed E-state index contributed by atoms with van der Waals surface area (Å²) < 4.78 is 39.6. The summed E-state index contributed by atoms with van der Waals surface area (Å²) in [5.74, 6) is 0. The molecule has 0 aromatic heterocycles. The normalized spacial score (nSPS) is 18.1. The molecule has 0 saturated carbocycles. The van der Waals surface area contributed by atoms with E-state index in [0.29, 0.717) is 12.2 Å². The number of alkyl halides is 3. The zero-order chi connectivity index (χ0) is 18.6. The monoisotopic (exact) mass is 366 g/mol. The Balaban J connectivity index is 1.64. The third-order valence-corrected chi connectivity index (χ3v) is 5.42. The van der Waals surface area contributed by atoms with Crippen LogP contribution in [0.4, 0.5) is 24.5 Å². The smallest absolute Gasteiger partial charge is 0.346 e. The molecule has 3 aromatic carbocycles. The van der Waals surface area contributed by atoms with Gasteiger partial charge in [0.1, 0.15) is 6.17 Å². The molecule has 1 unspecified atom stereocenters. The first-order chi connectivity index (χ1) is 13.0. The minimum atomic E-state index is -4.34. The lowest BCUT2D eigenvalue weighted by Gasteiger charge is -2.39. The van der Waals surface area contributed by atoms with Crippen LogP contribution in [-0.2, 0) is 6.18 Å². The number of halogens is 3. The molecule has 0 N–H and O–H groups in total. The van der Waals surface area contributed by atoms with Gasteiger partial charge in [-0.3, -0.25) is 0 Å². The van der Waals surface area contributed by atoms with Gasteiger partial charge in [0.25, 0.3) is 0 Å². The number of fused-ring (bicyclic) bond motifs is 6. The van der Waals surface area contributed by atoms with E-state index in [2.05, 4.69) is 34.1 Å². The van der Waals surface area contributed by atoms with E-state index in [1.54, 1.807) is 6.07 Å². The molecule has 0 bridgehead atoms. The molecule has 136 valence electrons. The number of para-hydroxylation sites is 1. The van der Waals surface area contributed by atoms with Crippen molar-refractivity contribution in [3.63, 3.8) is 0 Å². The lowest BCUT2D eigenvalue weighted by Crippen LogP contribution is -2.34. The Labute approximate surface area is 155 Å². The molecule has 0 spiro atoms. The van der Waals surface area contributed by atoms with Crippen molar-refractivity contribution in [3.05, 3.63) is 83.9 Å². The molecule has 1 fully saturated rings. The van der Waals surface area contributed by atoms with E-state index in [-0.39, 0.29) is 6.17 Å². The van der Waals surface area contributed by atoms with Gasteiger partial charge in [-0.2, -0.15) is 13.2 Å². The van der Waals surface area contributed by atoms with E-state index in [0.717, 1.165) is 29.4 Å². The van der Waals surface area contributed by atoms with E-state index in [1.807, 2.05) is 24.3 Å². The average Bonchev–Trinajstić information content (AvgIpc) is 3.13. The molecule has 27 heavy (non-hydrogen) atoms. The Hall–Kier alpha value is -2.95. The van der Waals surface area contributed by atoms with E-state index < -0.39 is 11.7 Å². The second-order valence-corrected chi connectivity index (χ2v) is 6.91. The molecule has 2 nitrogen and oxygen atoms in total. The quantitative estimate of drug-likeness (QED) is 0.544. The highest BCUT2D eigenvalue weighted by molar-refractivity contribution is 5.86. The molecule has 0 radical (unpaired) electrons. The van der Waals surface area contributed by atoms with Gasteiger partial charge >= 0.3 is 6.18 Å². The molecule has 1 atom stereocenters. The summed E-state index contributed by atoms with van der Waals surface area (Å²) >= 11 is 0. The highest BCUT2D eigenvalue weighted by Crippen LogP contribution is 2.49. The van der Waals surface area contributed by atoms with Crippen LogP contribution in [0, 0.1) is 0 Å². The Kier molecular flexibility index (Phi) is 3.47. The van der Waals surface area contributed by atoms with Crippen LogP contribution >= 0.6 is 0 Å². The standard InChI is InChI=1S/C22H17F3N2/c23-22(24,25)15-6-5-7-16(14-15)26-12-13-27-20-11-4-3-9-18(20)17-8-1-2-10-19(17)21(26)27/h1-11,14,21H,12-13H2. The van der Waals surface area contributed by atoms with Crippen molar-refractivity contribution in [2.24, 2.45) is 0 Å². The van der Waals surface area contributed by atoms with Crippen LogP contribution in [0.5, 0.6) is 0 Å². The number of hydrogen-bond donors (Lipinski definition) is 0. The molecule has 5 heteroatoms. The zero-order valence-electron chi connectivity index (χ0n) is 14.4. The zero-order valence-corrected chi connectivity index (χ0v) is 14.4. The fourth-order valence-electron chi connectivity index (χ4n) is 4.27. The maximum absolute atomic E-state index is 13.2. The summed E-state index contributed by atoms with van der Waals surface area (Å²) in [4.78, 5) is 4.36. The van der Waals surface area contributed by atoms with Crippen molar-refractivity contribution in [2.45, 2.75) is 12.3 Å². The Bertz CT molecular complexity index is 1010. The molecule has 2 aliphatic heterocycles. The van der Waals surface area contributed by atoms with Crippen LogP contribution in [0.3, 0.4) is 0 Å². The van der Waals surface area contributed by atoms with Crippen LogP contribution in [0.15, 0.2) is 72.8 Å². The fraction of sp³-hybridized carbons (Fsp3) is 0.182. The molecule has 2 aliphatic rings. The molecule has 2 heterocycles. The summed E-state index contributed by atoms with van der Waals surface area (Å²) in [5, 5.41) is 0. The molecule has 0 aliphatic carbocycles. The lowest BCUT2D eigenvalue weighted by atomic mass is 9.91. The molecule has 1 saturated heterocycles. The van der Waals surface area contributed by atoms with Crippen LogP contribution in [0.2, 0.25) is 0 Å². The predicted molar refractivity (Wildman–Crippen MR) is 101 cm³/mol. The number of nitrogens with zero attached hydrogens (tertiary/aromatic N) is 2. The van der Waals surface area contributed by atoms with Gasteiger partial charge in [0.15, 0.2) is 0 Å². The number of benzene rings is 3. The third-order valence-electron chi connectivity index (χ3n) is 5.42. The topological polar surface area (TPSA) is 6.48 Å². The summed E-state index contributed by atoms with van der Waals surface area (Å²) in [5.41, 5.74) is 4.58. The number of rotatable bonds is 1. The Morgan fingerprint density at radius 3 is 2.26 bits per heavy atom. The van der Waals surface area contributed by atoms with Gasteiger partial charge < -0.3 is 9.80 Å². The van der Waals surface area contributed by atoms with Crippen molar-refractivity contribution in [1.82, 2.24) is 0 Å². The van der Waals surface area contributed by atoms with E-state index in [9.17, 15) is 13.2 Å².